The molecule has 0 aliphatic carbocycles. The number of nitrogens with one attached hydrogen (secondary N) is 1. The van der Waals surface area contributed by atoms with Gasteiger partial charge in [0.05, 0.1) is 11.6 Å². The largest absolute Gasteiger partial charge is 0.486 e. The number of thiazole rings is 1. The molecule has 1 amide bonds. The molecule has 0 atom stereocenters. The van der Waals surface area contributed by atoms with Crippen LogP contribution in [-0.2, 0) is 6.54 Å². The first-order chi connectivity index (χ1) is 12.2. The first kappa shape index (κ1) is 15.6. The van der Waals surface area contributed by atoms with Crippen LogP contribution in [0.4, 0.5) is 0 Å². The van der Waals surface area contributed by atoms with Crippen LogP contribution in [-0.4, -0.2) is 29.3 Å². The van der Waals surface area contributed by atoms with E-state index in [4.69, 9.17) is 14.0 Å². The van der Waals surface area contributed by atoms with Gasteiger partial charge in [-0.2, -0.15) is 0 Å². The Morgan fingerprint density at radius 1 is 1.24 bits per heavy atom. The van der Waals surface area contributed by atoms with Crippen LogP contribution in [0.2, 0.25) is 0 Å². The number of benzene rings is 1. The van der Waals surface area contributed by atoms with Crippen LogP contribution in [0.15, 0.2) is 34.2 Å². The first-order valence-corrected chi connectivity index (χ1v) is 8.63. The molecule has 2 aromatic heterocycles. The Kier molecular flexibility index (Phi) is 4.10. The number of hydrogen-bond acceptors (Lipinski definition) is 7. The van der Waals surface area contributed by atoms with E-state index in [1.54, 1.807) is 11.4 Å². The number of nitrogens with zero attached hydrogens (tertiary/aromatic N) is 2. The topological polar surface area (TPSA) is 86.5 Å². The third-order valence-corrected chi connectivity index (χ3v) is 4.44. The number of aromatic nitrogens is 2. The zero-order valence-electron chi connectivity index (χ0n) is 13.4. The molecule has 1 aromatic carbocycles. The lowest BCUT2D eigenvalue weighted by atomic mass is 10.1. The highest BCUT2D eigenvalue weighted by Gasteiger charge is 2.15. The van der Waals surface area contributed by atoms with E-state index in [-0.39, 0.29) is 12.5 Å². The molecule has 8 heteroatoms. The van der Waals surface area contributed by atoms with Gasteiger partial charge < -0.3 is 19.3 Å². The predicted molar refractivity (Wildman–Crippen MR) is 91.0 cm³/mol. The molecule has 0 radical (unpaired) electrons. The third-order valence-electron chi connectivity index (χ3n) is 3.67. The summed E-state index contributed by atoms with van der Waals surface area (Å²) in [5, 5.41) is 9.36. The van der Waals surface area contributed by atoms with Gasteiger partial charge >= 0.3 is 0 Å². The fourth-order valence-corrected chi connectivity index (χ4v) is 3.05. The van der Waals surface area contributed by atoms with Crippen molar-refractivity contribution in [3.8, 4) is 22.8 Å². The first-order valence-electron chi connectivity index (χ1n) is 7.75. The quantitative estimate of drug-likeness (QED) is 0.773. The van der Waals surface area contributed by atoms with E-state index < -0.39 is 0 Å². The van der Waals surface area contributed by atoms with Crippen LogP contribution >= 0.6 is 11.3 Å². The van der Waals surface area contributed by atoms with Gasteiger partial charge in [-0.05, 0) is 25.1 Å². The van der Waals surface area contributed by atoms with E-state index in [0.717, 1.165) is 16.3 Å². The molecule has 1 aliphatic rings. The van der Waals surface area contributed by atoms with Gasteiger partial charge in [0.25, 0.3) is 5.91 Å². The minimum atomic E-state index is -0.228. The molecule has 0 spiro atoms. The third kappa shape index (κ3) is 3.34. The number of rotatable bonds is 4. The van der Waals surface area contributed by atoms with Crippen molar-refractivity contribution >= 4 is 17.2 Å². The van der Waals surface area contributed by atoms with Crippen LogP contribution in [0.3, 0.4) is 0 Å². The van der Waals surface area contributed by atoms with Gasteiger partial charge in [0, 0.05) is 17.0 Å². The minimum absolute atomic E-state index is 0.228. The van der Waals surface area contributed by atoms with Gasteiger partial charge in [-0.3, -0.25) is 4.79 Å². The fraction of sp³-hybridized carbons (Fsp3) is 0.235. The van der Waals surface area contributed by atoms with Crippen molar-refractivity contribution in [2.75, 3.05) is 13.2 Å². The number of hydrogen-bond donors (Lipinski definition) is 1. The summed E-state index contributed by atoms with van der Waals surface area (Å²) < 4.78 is 16.4. The predicted octanol–water partition coefficient (Wildman–Crippen LogP) is 2.81. The van der Waals surface area contributed by atoms with E-state index >= 15 is 0 Å². The van der Waals surface area contributed by atoms with Crippen LogP contribution in [0.25, 0.3) is 11.3 Å². The molecule has 25 heavy (non-hydrogen) atoms. The number of ether oxygens (including phenoxy) is 2. The van der Waals surface area contributed by atoms with E-state index in [2.05, 4.69) is 15.5 Å². The lowest BCUT2D eigenvalue weighted by Crippen LogP contribution is -2.23. The molecule has 0 saturated heterocycles. The van der Waals surface area contributed by atoms with E-state index in [1.165, 1.54) is 11.3 Å². The summed E-state index contributed by atoms with van der Waals surface area (Å²) in [6, 6.07) is 7.38. The zero-order chi connectivity index (χ0) is 17.2. The summed E-state index contributed by atoms with van der Waals surface area (Å²) >= 11 is 1.44. The highest BCUT2D eigenvalue weighted by molar-refractivity contribution is 7.09. The van der Waals surface area contributed by atoms with Crippen molar-refractivity contribution in [1.82, 2.24) is 15.5 Å². The number of amides is 1. The second-order valence-electron chi connectivity index (χ2n) is 5.48. The molecular weight excluding hydrogens is 342 g/mol. The summed E-state index contributed by atoms with van der Waals surface area (Å²) in [5.74, 6) is 1.79. The van der Waals surface area contributed by atoms with Crippen LogP contribution in [0.5, 0.6) is 11.5 Å². The van der Waals surface area contributed by atoms with Crippen molar-refractivity contribution in [2.24, 2.45) is 0 Å². The van der Waals surface area contributed by atoms with Crippen LogP contribution < -0.4 is 14.8 Å². The molecule has 0 unspecified atom stereocenters. The standard InChI is InChI=1S/C17H15N3O4S/c1-10-19-13(9-25-10)17(21)18-8-12-7-15(24-20-12)11-2-3-14-16(6-11)23-5-4-22-14/h2-3,6-7,9H,4-5,8H2,1H3,(H,18,21). The van der Waals surface area contributed by atoms with Gasteiger partial charge in [-0.15, -0.1) is 11.3 Å². The number of fused-ring (bicyclic) bond motifs is 1. The van der Waals surface area contributed by atoms with Crippen molar-refractivity contribution in [3.63, 3.8) is 0 Å². The van der Waals surface area contributed by atoms with Crippen molar-refractivity contribution in [2.45, 2.75) is 13.5 Å². The highest BCUT2D eigenvalue weighted by Crippen LogP contribution is 2.34. The zero-order valence-corrected chi connectivity index (χ0v) is 14.3. The second kappa shape index (κ2) is 6.56. The monoisotopic (exact) mass is 357 g/mol. The molecule has 7 nitrogen and oxygen atoms in total. The van der Waals surface area contributed by atoms with E-state index in [1.807, 2.05) is 25.1 Å². The maximum atomic E-state index is 12.0. The van der Waals surface area contributed by atoms with Gasteiger partial charge in [0.1, 0.15) is 24.6 Å². The van der Waals surface area contributed by atoms with Crippen molar-refractivity contribution in [3.05, 3.63) is 46.0 Å². The maximum absolute atomic E-state index is 12.0. The summed E-state index contributed by atoms with van der Waals surface area (Å²) in [5.41, 5.74) is 1.88. The molecule has 0 saturated carbocycles. The normalized spacial score (nSPS) is 12.8. The highest BCUT2D eigenvalue weighted by atomic mass is 32.1. The Bertz CT molecular complexity index is 918. The number of aryl methyl sites for hydroxylation is 1. The summed E-state index contributed by atoms with van der Waals surface area (Å²) in [4.78, 5) is 16.2. The number of carbonyl (C=O) groups is 1. The lowest BCUT2D eigenvalue weighted by molar-refractivity contribution is 0.0945. The SMILES string of the molecule is Cc1nc(C(=O)NCc2cc(-c3ccc4c(c3)OCCO4)on2)cs1. The molecule has 4 rings (SSSR count). The van der Waals surface area contributed by atoms with E-state index in [0.29, 0.717) is 36.1 Å². The average Bonchev–Trinajstić information content (AvgIpc) is 3.28. The Morgan fingerprint density at radius 2 is 2.08 bits per heavy atom. The summed E-state index contributed by atoms with van der Waals surface area (Å²) in [6.07, 6.45) is 0. The molecular formula is C17H15N3O4S. The van der Waals surface area contributed by atoms with Crippen LogP contribution in [0.1, 0.15) is 21.2 Å². The summed E-state index contributed by atoms with van der Waals surface area (Å²) in [7, 11) is 0. The van der Waals surface area contributed by atoms with Gasteiger partial charge in [-0.25, -0.2) is 4.98 Å². The molecule has 3 aromatic rings. The van der Waals surface area contributed by atoms with Crippen molar-refractivity contribution in [1.29, 1.82) is 0 Å². The van der Waals surface area contributed by atoms with Crippen LogP contribution in [0, 0.1) is 6.92 Å². The Morgan fingerprint density at radius 3 is 2.88 bits per heavy atom. The molecule has 0 bridgehead atoms. The average molecular weight is 357 g/mol. The molecule has 1 N–H and O–H groups in total. The smallest absolute Gasteiger partial charge is 0.271 e. The molecule has 1 aliphatic heterocycles. The van der Waals surface area contributed by atoms with Gasteiger partial charge in [0.15, 0.2) is 17.3 Å². The second-order valence-corrected chi connectivity index (χ2v) is 6.54. The minimum Gasteiger partial charge on any atom is -0.486 e. The van der Waals surface area contributed by atoms with E-state index in [9.17, 15) is 4.79 Å². The Hall–Kier alpha value is -2.87. The summed E-state index contributed by atoms with van der Waals surface area (Å²) in [6.45, 7) is 3.21. The Balaban J connectivity index is 1.44. The fourth-order valence-electron chi connectivity index (χ4n) is 2.46. The lowest BCUT2D eigenvalue weighted by Gasteiger charge is -2.18. The molecule has 3 heterocycles. The van der Waals surface area contributed by atoms with Crippen molar-refractivity contribution < 1.29 is 18.8 Å². The number of carbonyl (C=O) groups excluding carboxylic acids is 1. The maximum Gasteiger partial charge on any atom is 0.271 e. The Labute approximate surface area is 147 Å². The molecule has 128 valence electrons. The van der Waals surface area contributed by atoms with Gasteiger partial charge in [-0.1, -0.05) is 5.16 Å². The molecule has 0 fully saturated rings. The van der Waals surface area contributed by atoms with Gasteiger partial charge in [0.2, 0.25) is 0 Å².